The number of aromatic nitrogens is 2. The second kappa shape index (κ2) is 4.78. The summed E-state index contributed by atoms with van der Waals surface area (Å²) in [5.74, 6) is 0. The lowest BCUT2D eigenvalue weighted by Crippen LogP contribution is -2.21. The molecule has 2 aromatic rings. The van der Waals surface area contributed by atoms with Crippen LogP contribution in [-0.2, 0) is 6.42 Å². The fourth-order valence-corrected chi connectivity index (χ4v) is 3.27. The van der Waals surface area contributed by atoms with Crippen molar-refractivity contribution in [1.29, 1.82) is 0 Å². The summed E-state index contributed by atoms with van der Waals surface area (Å²) in [7, 11) is 2.03. The molecule has 3 nitrogen and oxygen atoms in total. The van der Waals surface area contributed by atoms with Gasteiger partial charge in [-0.05, 0) is 37.4 Å². The number of hydrogen-bond acceptors (Lipinski definition) is 4. The zero-order valence-electron chi connectivity index (χ0n) is 10.5. The van der Waals surface area contributed by atoms with Gasteiger partial charge in [-0.3, -0.25) is 4.98 Å². The molecule has 0 amide bonds. The van der Waals surface area contributed by atoms with E-state index in [0.29, 0.717) is 5.41 Å². The van der Waals surface area contributed by atoms with Crippen molar-refractivity contribution in [3.05, 3.63) is 34.8 Å². The van der Waals surface area contributed by atoms with Crippen LogP contribution in [-0.4, -0.2) is 23.6 Å². The van der Waals surface area contributed by atoms with E-state index in [2.05, 4.69) is 15.7 Å². The Bertz CT molecular complexity index is 517. The zero-order chi connectivity index (χ0) is 12.4. The van der Waals surface area contributed by atoms with Gasteiger partial charge in [0.2, 0.25) is 0 Å². The Morgan fingerprint density at radius 3 is 2.89 bits per heavy atom. The first-order valence-corrected chi connectivity index (χ1v) is 7.20. The van der Waals surface area contributed by atoms with Crippen molar-refractivity contribution in [3.63, 3.8) is 0 Å². The monoisotopic (exact) mass is 259 g/mol. The first-order chi connectivity index (χ1) is 8.81. The van der Waals surface area contributed by atoms with Gasteiger partial charge in [0.05, 0.1) is 16.4 Å². The minimum absolute atomic E-state index is 0.480. The Morgan fingerprint density at radius 1 is 1.33 bits per heavy atom. The maximum atomic E-state index is 4.72. The van der Waals surface area contributed by atoms with Gasteiger partial charge in [-0.25, -0.2) is 4.98 Å². The molecule has 18 heavy (non-hydrogen) atoms. The Balaban J connectivity index is 1.74. The molecule has 94 valence electrons. The summed E-state index contributed by atoms with van der Waals surface area (Å²) >= 11 is 1.76. The highest BCUT2D eigenvalue weighted by atomic mass is 32.1. The van der Waals surface area contributed by atoms with Crippen LogP contribution in [0.25, 0.3) is 11.4 Å². The van der Waals surface area contributed by atoms with Crippen LogP contribution in [0.15, 0.2) is 29.8 Å². The molecule has 1 saturated carbocycles. The zero-order valence-corrected chi connectivity index (χ0v) is 11.3. The summed E-state index contributed by atoms with van der Waals surface area (Å²) in [5, 5.41) is 6.65. The normalized spacial score (nSPS) is 16.7. The molecule has 2 heterocycles. The van der Waals surface area contributed by atoms with Crippen LogP contribution in [0.5, 0.6) is 0 Å². The Hall–Kier alpha value is -1.26. The molecule has 3 rings (SSSR count). The van der Waals surface area contributed by atoms with Crippen molar-refractivity contribution in [2.75, 3.05) is 13.6 Å². The average Bonchev–Trinajstić information content (AvgIpc) is 2.99. The molecule has 4 heteroatoms. The second-order valence-electron chi connectivity index (χ2n) is 5.05. The molecule has 2 aromatic heterocycles. The number of thiazole rings is 1. The largest absolute Gasteiger partial charge is 0.319 e. The van der Waals surface area contributed by atoms with E-state index in [1.165, 1.54) is 17.8 Å². The third-order valence-corrected chi connectivity index (χ3v) is 4.36. The van der Waals surface area contributed by atoms with Gasteiger partial charge in [0, 0.05) is 24.5 Å². The summed E-state index contributed by atoms with van der Waals surface area (Å²) in [6.45, 7) is 1.10. The summed E-state index contributed by atoms with van der Waals surface area (Å²) < 4.78 is 0. The highest BCUT2D eigenvalue weighted by Crippen LogP contribution is 2.48. The van der Waals surface area contributed by atoms with Gasteiger partial charge in [-0.2, -0.15) is 0 Å². The molecular weight excluding hydrogens is 242 g/mol. The molecule has 0 bridgehead atoms. The van der Waals surface area contributed by atoms with Crippen LogP contribution >= 0.6 is 11.3 Å². The average molecular weight is 259 g/mol. The van der Waals surface area contributed by atoms with E-state index in [0.717, 1.165) is 24.4 Å². The topological polar surface area (TPSA) is 37.8 Å². The summed E-state index contributed by atoms with van der Waals surface area (Å²) in [5.41, 5.74) is 2.46. The Labute approximate surface area is 111 Å². The lowest BCUT2D eigenvalue weighted by Gasteiger charge is -2.11. The Kier molecular flexibility index (Phi) is 3.14. The minimum Gasteiger partial charge on any atom is -0.319 e. The smallest absolute Gasteiger partial charge is 0.0998 e. The maximum absolute atomic E-state index is 4.72. The standard InChI is InChI=1S/C14H17N3S/c1-15-10-14(5-6-14)8-13-17-12(9-18-13)11-4-2-3-7-16-11/h2-4,7,9,15H,5-6,8,10H2,1H3. The van der Waals surface area contributed by atoms with Crippen LogP contribution < -0.4 is 5.32 Å². The molecule has 1 N–H and O–H groups in total. The molecule has 0 radical (unpaired) electrons. The van der Waals surface area contributed by atoms with Crippen molar-refractivity contribution in [2.45, 2.75) is 19.3 Å². The van der Waals surface area contributed by atoms with Gasteiger partial charge in [0.1, 0.15) is 0 Å². The predicted octanol–water partition coefficient (Wildman–Crippen LogP) is 2.75. The molecule has 0 aliphatic heterocycles. The van der Waals surface area contributed by atoms with Gasteiger partial charge in [-0.15, -0.1) is 11.3 Å². The molecule has 0 spiro atoms. The first kappa shape index (κ1) is 11.8. The predicted molar refractivity (Wildman–Crippen MR) is 74.6 cm³/mol. The number of nitrogens with one attached hydrogen (secondary N) is 1. The molecule has 0 aromatic carbocycles. The van der Waals surface area contributed by atoms with Gasteiger partial charge in [0.25, 0.3) is 0 Å². The first-order valence-electron chi connectivity index (χ1n) is 6.32. The van der Waals surface area contributed by atoms with Crippen molar-refractivity contribution in [3.8, 4) is 11.4 Å². The molecule has 1 fully saturated rings. The summed E-state index contributed by atoms with van der Waals surface area (Å²) in [4.78, 5) is 9.06. The molecule has 0 saturated heterocycles. The van der Waals surface area contributed by atoms with Crippen molar-refractivity contribution in [1.82, 2.24) is 15.3 Å². The number of pyridine rings is 1. The van der Waals surface area contributed by atoms with E-state index in [4.69, 9.17) is 4.98 Å². The van der Waals surface area contributed by atoms with Crippen LogP contribution in [0.3, 0.4) is 0 Å². The SMILES string of the molecule is CNCC1(Cc2nc(-c3ccccn3)cs2)CC1. The lowest BCUT2D eigenvalue weighted by molar-refractivity contribution is 0.477. The van der Waals surface area contributed by atoms with E-state index in [1.807, 2.05) is 31.4 Å². The van der Waals surface area contributed by atoms with Gasteiger partial charge in [0.15, 0.2) is 0 Å². The second-order valence-corrected chi connectivity index (χ2v) is 5.99. The minimum atomic E-state index is 0.480. The van der Waals surface area contributed by atoms with Crippen LogP contribution in [0, 0.1) is 5.41 Å². The number of nitrogens with zero attached hydrogens (tertiary/aromatic N) is 2. The van der Waals surface area contributed by atoms with E-state index >= 15 is 0 Å². The number of hydrogen-bond donors (Lipinski definition) is 1. The molecule has 0 atom stereocenters. The maximum Gasteiger partial charge on any atom is 0.0998 e. The van der Waals surface area contributed by atoms with Crippen LogP contribution in [0.1, 0.15) is 17.8 Å². The van der Waals surface area contributed by atoms with Gasteiger partial charge < -0.3 is 5.32 Å². The van der Waals surface area contributed by atoms with Crippen LogP contribution in [0.4, 0.5) is 0 Å². The third kappa shape index (κ3) is 2.44. The van der Waals surface area contributed by atoms with Crippen molar-refractivity contribution in [2.24, 2.45) is 5.41 Å². The quantitative estimate of drug-likeness (QED) is 0.897. The van der Waals surface area contributed by atoms with E-state index < -0.39 is 0 Å². The summed E-state index contributed by atoms with van der Waals surface area (Å²) in [6, 6.07) is 5.95. The fourth-order valence-electron chi connectivity index (χ4n) is 2.31. The third-order valence-electron chi connectivity index (χ3n) is 3.51. The highest BCUT2D eigenvalue weighted by molar-refractivity contribution is 7.09. The van der Waals surface area contributed by atoms with Crippen LogP contribution in [0.2, 0.25) is 0 Å². The van der Waals surface area contributed by atoms with E-state index in [9.17, 15) is 0 Å². The van der Waals surface area contributed by atoms with Crippen molar-refractivity contribution < 1.29 is 0 Å². The molecular formula is C14H17N3S. The fraction of sp³-hybridized carbons (Fsp3) is 0.429. The lowest BCUT2D eigenvalue weighted by atomic mass is 10.0. The summed E-state index contributed by atoms with van der Waals surface area (Å²) in [6.07, 6.45) is 5.57. The molecule has 0 unspecified atom stereocenters. The van der Waals surface area contributed by atoms with E-state index in [-0.39, 0.29) is 0 Å². The van der Waals surface area contributed by atoms with E-state index in [1.54, 1.807) is 11.3 Å². The Morgan fingerprint density at radius 2 is 2.22 bits per heavy atom. The number of rotatable bonds is 5. The molecule has 1 aliphatic carbocycles. The highest BCUT2D eigenvalue weighted by Gasteiger charge is 2.42. The van der Waals surface area contributed by atoms with Gasteiger partial charge >= 0.3 is 0 Å². The van der Waals surface area contributed by atoms with Gasteiger partial charge in [-0.1, -0.05) is 6.07 Å². The van der Waals surface area contributed by atoms with Crippen molar-refractivity contribution >= 4 is 11.3 Å². The molecule has 1 aliphatic rings.